The lowest BCUT2D eigenvalue weighted by atomic mass is 10.2. The molecule has 0 saturated heterocycles. The van der Waals surface area contributed by atoms with Crippen molar-refractivity contribution in [2.45, 2.75) is 19.8 Å². The van der Waals surface area contributed by atoms with Gasteiger partial charge in [0.15, 0.2) is 0 Å². The Kier molecular flexibility index (Phi) is 5.42. The molecule has 0 rings (SSSR count). The summed E-state index contributed by atoms with van der Waals surface area (Å²) in [4.78, 5) is 0. The van der Waals surface area contributed by atoms with E-state index < -0.39 is 5.83 Å². The van der Waals surface area contributed by atoms with E-state index in [-0.39, 0.29) is 12.8 Å². The molecule has 10 heavy (non-hydrogen) atoms. The zero-order valence-electron chi connectivity index (χ0n) is 5.90. The first-order chi connectivity index (χ1) is 4.70. The van der Waals surface area contributed by atoms with Crippen molar-refractivity contribution in [2.75, 3.05) is 0 Å². The highest BCUT2D eigenvalue weighted by atomic mass is 31.0. The summed E-state index contributed by atoms with van der Waals surface area (Å²) >= 11 is 0. The van der Waals surface area contributed by atoms with Crippen LogP contribution in [-0.4, -0.2) is 0 Å². The summed E-state index contributed by atoms with van der Waals surface area (Å²) in [6.07, 6.45) is 0.749. The van der Waals surface area contributed by atoms with Gasteiger partial charge in [-0.05, 0) is 13.3 Å². The third kappa shape index (κ3) is 4.63. The Morgan fingerprint density at radius 1 is 1.50 bits per heavy atom. The summed E-state index contributed by atoms with van der Waals surface area (Å²) in [5.41, 5.74) is 1.04. The van der Waals surface area contributed by atoms with Gasteiger partial charge in [-0.25, -0.2) is 8.78 Å². The predicted molar refractivity (Wildman–Crippen MR) is 43.0 cm³/mol. The minimum Gasteiger partial charge on any atom is -0.213 e. The molecule has 0 spiro atoms. The van der Waals surface area contributed by atoms with Gasteiger partial charge in [0.05, 0.1) is 0 Å². The van der Waals surface area contributed by atoms with Gasteiger partial charge in [0, 0.05) is 6.42 Å². The molecule has 0 aromatic rings. The van der Waals surface area contributed by atoms with E-state index in [2.05, 4.69) is 9.24 Å². The number of allylic oxidation sites excluding steroid dienone is 2. The number of rotatable bonds is 3. The molecule has 58 valence electrons. The average Bonchev–Trinajstić information content (AvgIpc) is 1.99. The van der Waals surface area contributed by atoms with Crippen LogP contribution in [0.25, 0.3) is 0 Å². The van der Waals surface area contributed by atoms with Crippen molar-refractivity contribution in [3.63, 3.8) is 0 Å². The van der Waals surface area contributed by atoms with Gasteiger partial charge in [-0.2, -0.15) is 0 Å². The van der Waals surface area contributed by atoms with Gasteiger partial charge in [0.25, 0.3) is 0 Å². The molecular weight excluding hydrogens is 153 g/mol. The molecule has 0 aromatic carbocycles. The van der Waals surface area contributed by atoms with E-state index in [1.165, 1.54) is 0 Å². The summed E-state index contributed by atoms with van der Waals surface area (Å²) in [5.74, 6) is 1.12. The monoisotopic (exact) mass is 164 g/mol. The molecule has 3 heteroatoms. The summed E-state index contributed by atoms with van der Waals surface area (Å²) < 4.78 is 23.5. The molecule has 0 aliphatic carbocycles. The third-order valence-corrected chi connectivity index (χ3v) is 1.73. The molecule has 1 atom stereocenters. The van der Waals surface area contributed by atoms with Crippen LogP contribution in [0.2, 0.25) is 0 Å². The Balaban J connectivity index is 3.56. The molecule has 0 aromatic heterocycles. The highest BCUT2D eigenvalue weighted by Gasteiger charge is 1.94. The first-order valence-electron chi connectivity index (χ1n) is 3.02. The fourth-order valence-electron chi connectivity index (χ4n) is 0.454. The fourth-order valence-corrected chi connectivity index (χ4v) is 0.621. The standard InChI is InChI=1S/C7H11F2P/c1-6(5-10)2-3-7(9)4-8/h4-5H,2-3,10H2,1H3/b6-5+,7-4-. The normalized spacial score (nSPS) is 14.0. The van der Waals surface area contributed by atoms with E-state index in [1.807, 2.05) is 12.7 Å². The van der Waals surface area contributed by atoms with Gasteiger partial charge in [-0.3, -0.25) is 0 Å². The molecule has 0 heterocycles. The zero-order valence-corrected chi connectivity index (χ0v) is 7.06. The van der Waals surface area contributed by atoms with Crippen molar-refractivity contribution < 1.29 is 8.78 Å². The van der Waals surface area contributed by atoms with Crippen LogP contribution in [-0.2, 0) is 0 Å². The minimum atomic E-state index is -0.689. The Labute approximate surface area is 62.2 Å². The quantitative estimate of drug-likeness (QED) is 0.561. The number of hydrogen-bond acceptors (Lipinski definition) is 0. The van der Waals surface area contributed by atoms with E-state index in [0.717, 1.165) is 5.57 Å². The average molecular weight is 164 g/mol. The van der Waals surface area contributed by atoms with Crippen LogP contribution in [0.15, 0.2) is 23.5 Å². The summed E-state index contributed by atoms with van der Waals surface area (Å²) in [6.45, 7) is 1.87. The Bertz CT molecular complexity index is 132. The van der Waals surface area contributed by atoms with E-state index in [4.69, 9.17) is 0 Å². The highest BCUT2D eigenvalue weighted by Crippen LogP contribution is 2.13. The second kappa shape index (κ2) is 5.55. The lowest BCUT2D eigenvalue weighted by Gasteiger charge is -1.95. The van der Waals surface area contributed by atoms with Crippen LogP contribution >= 0.6 is 9.24 Å². The lowest BCUT2D eigenvalue weighted by Crippen LogP contribution is -1.77. The molecule has 0 bridgehead atoms. The van der Waals surface area contributed by atoms with Crippen LogP contribution in [0.3, 0.4) is 0 Å². The molecule has 0 fully saturated rings. The van der Waals surface area contributed by atoms with Crippen LogP contribution in [0.5, 0.6) is 0 Å². The molecule has 1 unspecified atom stereocenters. The zero-order chi connectivity index (χ0) is 7.98. The van der Waals surface area contributed by atoms with Gasteiger partial charge in [0.1, 0.15) is 12.2 Å². The van der Waals surface area contributed by atoms with Crippen LogP contribution in [0.4, 0.5) is 8.78 Å². The third-order valence-electron chi connectivity index (χ3n) is 1.16. The summed E-state index contributed by atoms with van der Waals surface area (Å²) in [5, 5.41) is 0. The molecule has 0 N–H and O–H groups in total. The number of hydrogen-bond donors (Lipinski definition) is 0. The van der Waals surface area contributed by atoms with Crippen LogP contribution in [0, 0.1) is 0 Å². The van der Waals surface area contributed by atoms with Gasteiger partial charge < -0.3 is 0 Å². The van der Waals surface area contributed by atoms with Gasteiger partial charge in [-0.1, -0.05) is 11.4 Å². The second-order valence-electron chi connectivity index (χ2n) is 2.07. The van der Waals surface area contributed by atoms with E-state index in [9.17, 15) is 8.78 Å². The maximum absolute atomic E-state index is 12.1. The van der Waals surface area contributed by atoms with Gasteiger partial charge in [0.2, 0.25) is 0 Å². The Hall–Kier alpha value is -0.230. The molecular formula is C7H11F2P. The molecule has 0 aliphatic rings. The SMILES string of the molecule is C/C(=C\P)CC/C(F)=C/F. The second-order valence-corrected chi connectivity index (χ2v) is 2.40. The first kappa shape index (κ1) is 9.77. The van der Waals surface area contributed by atoms with Crippen molar-refractivity contribution in [3.05, 3.63) is 23.5 Å². The Morgan fingerprint density at radius 2 is 2.10 bits per heavy atom. The van der Waals surface area contributed by atoms with E-state index in [1.54, 1.807) is 0 Å². The van der Waals surface area contributed by atoms with Crippen molar-refractivity contribution in [3.8, 4) is 0 Å². The van der Waals surface area contributed by atoms with Gasteiger partial charge in [-0.15, -0.1) is 9.24 Å². The lowest BCUT2D eigenvalue weighted by molar-refractivity contribution is 0.546. The van der Waals surface area contributed by atoms with Crippen LogP contribution in [0.1, 0.15) is 19.8 Å². The predicted octanol–water partition coefficient (Wildman–Crippen LogP) is 3.33. The topological polar surface area (TPSA) is 0 Å². The van der Waals surface area contributed by atoms with E-state index >= 15 is 0 Å². The molecule has 0 saturated carbocycles. The minimum absolute atomic E-state index is 0.0100. The fraction of sp³-hybridized carbons (Fsp3) is 0.429. The first-order valence-corrected chi connectivity index (χ1v) is 3.69. The highest BCUT2D eigenvalue weighted by molar-refractivity contribution is 7.20. The van der Waals surface area contributed by atoms with Crippen molar-refractivity contribution in [2.24, 2.45) is 0 Å². The van der Waals surface area contributed by atoms with Crippen molar-refractivity contribution in [1.29, 1.82) is 0 Å². The van der Waals surface area contributed by atoms with E-state index in [0.29, 0.717) is 6.42 Å². The molecule has 0 nitrogen and oxygen atoms in total. The summed E-state index contributed by atoms with van der Waals surface area (Å²) in [7, 11) is 2.42. The van der Waals surface area contributed by atoms with Gasteiger partial charge >= 0.3 is 0 Å². The molecule has 0 amide bonds. The smallest absolute Gasteiger partial charge is 0.128 e. The number of halogens is 2. The summed E-state index contributed by atoms with van der Waals surface area (Å²) in [6, 6.07) is 0. The van der Waals surface area contributed by atoms with Crippen molar-refractivity contribution >= 4 is 9.24 Å². The van der Waals surface area contributed by atoms with Crippen LogP contribution < -0.4 is 0 Å². The largest absolute Gasteiger partial charge is 0.213 e. The maximum Gasteiger partial charge on any atom is 0.128 e. The maximum atomic E-state index is 12.1. The molecule has 0 aliphatic heterocycles. The Morgan fingerprint density at radius 3 is 2.50 bits per heavy atom. The molecule has 0 radical (unpaired) electrons. The van der Waals surface area contributed by atoms with Crippen molar-refractivity contribution in [1.82, 2.24) is 0 Å².